The summed E-state index contributed by atoms with van der Waals surface area (Å²) in [5.74, 6) is 1.37. The molecule has 0 bridgehead atoms. The van der Waals surface area contributed by atoms with Crippen molar-refractivity contribution >= 4 is 11.9 Å². The van der Waals surface area contributed by atoms with Crippen molar-refractivity contribution in [1.82, 2.24) is 0 Å². The van der Waals surface area contributed by atoms with Gasteiger partial charge in [-0.15, -0.1) is 0 Å². The third-order valence-corrected chi connectivity index (χ3v) is 2.27. The molecule has 0 fully saturated rings. The molecule has 0 saturated heterocycles. The molecule has 2 heteroatoms. The van der Waals surface area contributed by atoms with Gasteiger partial charge >= 0.3 is 0 Å². The number of nitrogens with zero attached hydrogens (tertiary/aromatic N) is 1. The van der Waals surface area contributed by atoms with E-state index in [4.69, 9.17) is 6.11 Å². The summed E-state index contributed by atoms with van der Waals surface area (Å²) in [7, 11) is 0. The minimum absolute atomic E-state index is 0.237. The maximum absolute atomic E-state index is 7.89. The van der Waals surface area contributed by atoms with Crippen LogP contribution in [0.1, 0.15) is 6.93 Å². The van der Waals surface area contributed by atoms with Crippen LogP contribution in [0.5, 0.6) is 11.5 Å². The number of aliphatic imine (C=N–C) groups is 1. The van der Waals surface area contributed by atoms with Crippen LogP contribution in [0.3, 0.4) is 0 Å². The lowest BCUT2D eigenvalue weighted by Gasteiger charge is -2.06. The molecule has 72 valence electrons. The standard InChI is InChI=1S/C13H9NO/c1-3-7-12-10(5-1)9-14-11-6-2-4-8-13(11)15-12/h1-9H/i9D. The van der Waals surface area contributed by atoms with Gasteiger partial charge in [-0.2, -0.15) is 0 Å². The molecule has 0 aliphatic carbocycles. The first-order chi connectivity index (χ1) is 7.84. The summed E-state index contributed by atoms with van der Waals surface area (Å²) in [6.07, 6.45) is 0.237. The van der Waals surface area contributed by atoms with E-state index < -0.39 is 0 Å². The molecule has 15 heavy (non-hydrogen) atoms. The zero-order valence-electron chi connectivity index (χ0n) is 8.97. The Morgan fingerprint density at radius 1 is 0.933 bits per heavy atom. The van der Waals surface area contributed by atoms with Crippen molar-refractivity contribution in [3.05, 3.63) is 54.1 Å². The van der Waals surface area contributed by atoms with Crippen molar-refractivity contribution in [3.8, 4) is 11.5 Å². The summed E-state index contributed by atoms with van der Waals surface area (Å²) in [5.41, 5.74) is 1.42. The van der Waals surface area contributed by atoms with Gasteiger partial charge < -0.3 is 4.74 Å². The Labute approximate surface area is 89.3 Å². The second-order valence-electron chi connectivity index (χ2n) is 3.29. The van der Waals surface area contributed by atoms with E-state index in [0.29, 0.717) is 17.2 Å². The van der Waals surface area contributed by atoms with E-state index in [-0.39, 0.29) is 6.19 Å². The summed E-state index contributed by atoms with van der Waals surface area (Å²) >= 11 is 0. The Kier molecular flexibility index (Phi) is 1.56. The molecule has 0 unspecified atom stereocenters. The summed E-state index contributed by atoms with van der Waals surface area (Å²) < 4.78 is 13.6. The van der Waals surface area contributed by atoms with E-state index in [0.717, 1.165) is 5.56 Å². The van der Waals surface area contributed by atoms with Crippen molar-refractivity contribution in [2.24, 2.45) is 4.99 Å². The Morgan fingerprint density at radius 3 is 2.60 bits per heavy atom. The van der Waals surface area contributed by atoms with Gasteiger partial charge in [-0.3, -0.25) is 4.99 Å². The van der Waals surface area contributed by atoms with E-state index in [1.165, 1.54) is 0 Å². The lowest BCUT2D eigenvalue weighted by Crippen LogP contribution is -1.86. The van der Waals surface area contributed by atoms with E-state index in [2.05, 4.69) is 4.99 Å². The lowest BCUT2D eigenvalue weighted by atomic mass is 10.2. The van der Waals surface area contributed by atoms with E-state index in [1.54, 1.807) is 0 Å². The monoisotopic (exact) mass is 196 g/mol. The third-order valence-electron chi connectivity index (χ3n) is 2.27. The van der Waals surface area contributed by atoms with E-state index in [1.807, 2.05) is 48.5 Å². The molecule has 1 heterocycles. The van der Waals surface area contributed by atoms with Gasteiger partial charge in [0.2, 0.25) is 0 Å². The minimum Gasteiger partial charge on any atom is -0.454 e. The Morgan fingerprint density at radius 2 is 1.67 bits per heavy atom. The molecule has 0 spiro atoms. The Hall–Kier alpha value is -2.09. The van der Waals surface area contributed by atoms with Gasteiger partial charge in [0.1, 0.15) is 11.4 Å². The number of hydrogen-bond donors (Lipinski definition) is 0. The van der Waals surface area contributed by atoms with Crippen LogP contribution in [0.15, 0.2) is 53.5 Å². The maximum atomic E-state index is 7.89. The Bertz CT molecular complexity index is 578. The summed E-state index contributed by atoms with van der Waals surface area (Å²) in [6.45, 7) is 0. The van der Waals surface area contributed by atoms with Crippen molar-refractivity contribution in [2.45, 2.75) is 0 Å². The van der Waals surface area contributed by atoms with Gasteiger partial charge in [-0.05, 0) is 24.3 Å². The summed E-state index contributed by atoms with van der Waals surface area (Å²) in [5, 5.41) is 0. The average molecular weight is 196 g/mol. The quantitative estimate of drug-likeness (QED) is 0.631. The predicted octanol–water partition coefficient (Wildman–Crippen LogP) is 3.54. The van der Waals surface area contributed by atoms with Gasteiger partial charge in [-0.1, -0.05) is 24.3 Å². The molecule has 3 rings (SSSR count). The largest absolute Gasteiger partial charge is 0.454 e. The van der Waals surface area contributed by atoms with Crippen LogP contribution >= 0.6 is 0 Å². The smallest absolute Gasteiger partial charge is 0.153 e. The lowest BCUT2D eigenvalue weighted by molar-refractivity contribution is 0.485. The van der Waals surface area contributed by atoms with Gasteiger partial charge in [0.25, 0.3) is 0 Å². The molecule has 0 amide bonds. The first-order valence-electron chi connectivity index (χ1n) is 5.26. The second-order valence-corrected chi connectivity index (χ2v) is 3.29. The number of ether oxygens (including phenoxy) is 1. The van der Waals surface area contributed by atoms with Crippen LogP contribution in [0, 0.1) is 0 Å². The number of fused-ring (bicyclic) bond motifs is 2. The molecule has 0 atom stereocenters. The van der Waals surface area contributed by atoms with Crippen LogP contribution in [0.2, 0.25) is 0 Å². The molecule has 1 aliphatic rings. The highest BCUT2D eigenvalue weighted by atomic mass is 16.5. The summed E-state index contributed by atoms with van der Waals surface area (Å²) in [4.78, 5) is 4.24. The molecule has 2 nitrogen and oxygen atoms in total. The molecule has 2 aromatic carbocycles. The highest BCUT2D eigenvalue weighted by Gasteiger charge is 2.09. The third kappa shape index (κ3) is 1.40. The van der Waals surface area contributed by atoms with E-state index >= 15 is 0 Å². The maximum Gasteiger partial charge on any atom is 0.153 e. The van der Waals surface area contributed by atoms with Crippen molar-refractivity contribution in [1.29, 1.82) is 0 Å². The molecule has 1 aliphatic heterocycles. The molecular weight excluding hydrogens is 186 g/mol. The fourth-order valence-corrected chi connectivity index (χ4v) is 1.52. The number of para-hydroxylation sites is 3. The van der Waals surface area contributed by atoms with Gasteiger partial charge in [0.15, 0.2) is 5.75 Å². The van der Waals surface area contributed by atoms with Crippen molar-refractivity contribution < 1.29 is 6.11 Å². The SMILES string of the molecule is [2H]C1=Nc2ccccc2Oc2ccccc21. The van der Waals surface area contributed by atoms with Crippen LogP contribution < -0.4 is 4.74 Å². The Balaban J connectivity index is 2.25. The van der Waals surface area contributed by atoms with Crippen LogP contribution in [0.25, 0.3) is 0 Å². The first kappa shape index (κ1) is 7.23. The zero-order valence-corrected chi connectivity index (χ0v) is 7.97. The molecule has 0 radical (unpaired) electrons. The fourth-order valence-electron chi connectivity index (χ4n) is 1.52. The summed E-state index contributed by atoms with van der Waals surface area (Å²) in [6, 6.07) is 14.9. The predicted molar refractivity (Wildman–Crippen MR) is 60.2 cm³/mol. The highest BCUT2D eigenvalue weighted by Crippen LogP contribution is 2.35. The fraction of sp³-hybridized carbons (Fsp3) is 0. The molecule has 0 aromatic heterocycles. The van der Waals surface area contributed by atoms with Crippen molar-refractivity contribution in [2.75, 3.05) is 0 Å². The first-order valence-corrected chi connectivity index (χ1v) is 4.76. The molecule has 2 aromatic rings. The minimum atomic E-state index is 0.237. The van der Waals surface area contributed by atoms with Crippen molar-refractivity contribution in [3.63, 3.8) is 0 Å². The topological polar surface area (TPSA) is 21.6 Å². The average Bonchev–Trinajstić information content (AvgIpc) is 2.45. The van der Waals surface area contributed by atoms with Crippen LogP contribution in [-0.2, 0) is 0 Å². The van der Waals surface area contributed by atoms with Crippen LogP contribution in [-0.4, -0.2) is 6.19 Å². The number of hydrogen-bond acceptors (Lipinski definition) is 2. The van der Waals surface area contributed by atoms with Gasteiger partial charge in [0, 0.05) is 11.8 Å². The number of benzene rings is 2. The van der Waals surface area contributed by atoms with Crippen LogP contribution in [0.4, 0.5) is 5.69 Å². The zero-order chi connectivity index (χ0) is 11.0. The molecule has 0 N–H and O–H groups in total. The second kappa shape index (κ2) is 3.24. The van der Waals surface area contributed by atoms with E-state index in [9.17, 15) is 0 Å². The van der Waals surface area contributed by atoms with Gasteiger partial charge in [0.05, 0.1) is 1.37 Å². The highest BCUT2D eigenvalue weighted by molar-refractivity contribution is 5.87. The normalized spacial score (nSPS) is 13.9. The molecular formula is C13H9NO. The molecule has 0 saturated carbocycles. The number of rotatable bonds is 0. The van der Waals surface area contributed by atoms with Gasteiger partial charge in [-0.25, -0.2) is 0 Å².